The van der Waals surface area contributed by atoms with E-state index >= 15 is 0 Å². The van der Waals surface area contributed by atoms with Gasteiger partial charge in [-0.05, 0) is 76.6 Å². The van der Waals surface area contributed by atoms with Crippen LogP contribution >= 0.6 is 11.8 Å². The van der Waals surface area contributed by atoms with Crippen LogP contribution in [0.1, 0.15) is 11.3 Å². The lowest BCUT2D eigenvalue weighted by molar-refractivity contribution is -0.122. The average molecular weight is 487 g/mol. The second kappa shape index (κ2) is 9.68. The Morgan fingerprint density at radius 2 is 1.69 bits per heavy atom. The van der Waals surface area contributed by atoms with Crippen molar-refractivity contribution in [2.45, 2.75) is 6.54 Å². The molecule has 174 valence electrons. The third-order valence-corrected chi connectivity index (χ3v) is 7.01. The van der Waals surface area contributed by atoms with Crippen LogP contribution in [0.4, 0.5) is 5.69 Å². The van der Waals surface area contributed by atoms with Crippen molar-refractivity contribution in [3.8, 4) is 5.69 Å². The third-order valence-electron chi connectivity index (χ3n) is 6.00. The number of para-hydroxylation sites is 1. The predicted molar refractivity (Wildman–Crippen MR) is 147 cm³/mol. The Bertz CT molecular complexity index is 1610. The molecule has 1 aliphatic heterocycles. The van der Waals surface area contributed by atoms with E-state index in [-0.39, 0.29) is 5.91 Å². The van der Waals surface area contributed by atoms with E-state index < -0.39 is 0 Å². The molecule has 1 saturated heterocycles. The second-order valence-electron chi connectivity index (χ2n) is 8.43. The molecule has 0 unspecified atom stereocenters. The lowest BCUT2D eigenvalue weighted by Gasteiger charge is -2.15. The molecular weight excluding hydrogens is 464 g/mol. The second-order valence-corrected chi connectivity index (χ2v) is 9.44. The Hall–Kier alpha value is -4.42. The van der Waals surface area contributed by atoms with E-state index in [1.165, 1.54) is 22.5 Å². The first-order chi connectivity index (χ1) is 17.7. The Labute approximate surface area is 213 Å². The van der Waals surface area contributed by atoms with E-state index in [1.54, 1.807) is 17.3 Å². The van der Waals surface area contributed by atoms with Crippen LogP contribution in [-0.2, 0) is 11.3 Å². The van der Waals surface area contributed by atoms with E-state index in [2.05, 4.69) is 39.9 Å². The minimum absolute atomic E-state index is 0.0650. The highest BCUT2D eigenvalue weighted by Crippen LogP contribution is 2.35. The van der Waals surface area contributed by atoms with Crippen molar-refractivity contribution >= 4 is 45.4 Å². The molecule has 36 heavy (non-hydrogen) atoms. The Balaban J connectivity index is 1.37. The lowest BCUT2D eigenvalue weighted by atomic mass is 10.1. The topological polar surface area (TPSA) is 50.5 Å². The number of fused-ring (bicyclic) bond motifs is 1. The molecule has 1 aliphatic rings. The van der Waals surface area contributed by atoms with Gasteiger partial charge in [-0.1, -0.05) is 54.6 Å². The summed E-state index contributed by atoms with van der Waals surface area (Å²) in [4.78, 5) is 24.9. The number of pyridine rings is 1. The zero-order valence-electron chi connectivity index (χ0n) is 19.4. The van der Waals surface area contributed by atoms with Crippen molar-refractivity contribution in [3.63, 3.8) is 0 Å². The van der Waals surface area contributed by atoms with Gasteiger partial charge >= 0.3 is 0 Å². The molecule has 0 radical (unpaired) electrons. The fourth-order valence-corrected chi connectivity index (χ4v) is 5.21. The van der Waals surface area contributed by atoms with E-state index in [0.29, 0.717) is 16.6 Å². The van der Waals surface area contributed by atoms with Crippen molar-refractivity contribution in [2.24, 2.45) is 4.99 Å². The maximum atomic E-state index is 13.6. The molecule has 0 atom stereocenters. The van der Waals surface area contributed by atoms with Crippen LogP contribution in [0.25, 0.3) is 22.5 Å². The fraction of sp³-hybridized carbons (Fsp3) is 0.0333. The largest absolute Gasteiger partial charge is 0.317 e. The van der Waals surface area contributed by atoms with Gasteiger partial charge in [-0.3, -0.25) is 14.7 Å². The van der Waals surface area contributed by atoms with Crippen LogP contribution in [0, 0.1) is 0 Å². The molecule has 5 aromatic rings. The van der Waals surface area contributed by atoms with Crippen molar-refractivity contribution < 1.29 is 4.79 Å². The van der Waals surface area contributed by atoms with Gasteiger partial charge in [0.05, 0.1) is 17.1 Å². The SMILES string of the molecule is O=C1/C(=C/c2cccn2-c2ccc3ccccc3c2)SC(=Nc2ccccc2)N1Cc1cccnc1. The molecule has 2 aromatic heterocycles. The Kier molecular flexibility index (Phi) is 5.93. The number of benzene rings is 3. The monoisotopic (exact) mass is 486 g/mol. The summed E-state index contributed by atoms with van der Waals surface area (Å²) >= 11 is 1.40. The number of carbonyl (C=O) groups is 1. The fourth-order valence-electron chi connectivity index (χ4n) is 4.23. The van der Waals surface area contributed by atoms with Gasteiger partial charge in [0.15, 0.2) is 5.17 Å². The first kappa shape index (κ1) is 22.1. The van der Waals surface area contributed by atoms with Gasteiger partial charge in [-0.25, -0.2) is 4.99 Å². The molecule has 0 bridgehead atoms. The first-order valence-electron chi connectivity index (χ1n) is 11.7. The molecule has 0 saturated carbocycles. The molecular formula is C30H22N4OS. The summed E-state index contributed by atoms with van der Waals surface area (Å²) in [6, 6.07) is 32.3. The molecule has 3 aromatic carbocycles. The summed E-state index contributed by atoms with van der Waals surface area (Å²) in [5.74, 6) is -0.0650. The highest BCUT2D eigenvalue weighted by molar-refractivity contribution is 8.18. The van der Waals surface area contributed by atoms with Crippen LogP contribution in [0.5, 0.6) is 0 Å². The summed E-state index contributed by atoms with van der Waals surface area (Å²) in [5, 5.41) is 3.03. The lowest BCUT2D eigenvalue weighted by Crippen LogP contribution is -2.28. The van der Waals surface area contributed by atoms with Gasteiger partial charge in [0, 0.05) is 30.0 Å². The van der Waals surface area contributed by atoms with Gasteiger partial charge < -0.3 is 4.57 Å². The maximum absolute atomic E-state index is 13.6. The molecule has 6 rings (SSSR count). The first-order valence-corrected chi connectivity index (χ1v) is 12.5. The van der Waals surface area contributed by atoms with E-state index in [4.69, 9.17) is 4.99 Å². The number of carbonyl (C=O) groups excluding carboxylic acids is 1. The third kappa shape index (κ3) is 4.46. The minimum atomic E-state index is -0.0650. The van der Waals surface area contributed by atoms with Crippen LogP contribution in [-0.4, -0.2) is 25.5 Å². The molecule has 0 N–H and O–H groups in total. The van der Waals surface area contributed by atoms with Crippen molar-refractivity contribution in [1.82, 2.24) is 14.5 Å². The van der Waals surface area contributed by atoms with E-state index in [0.717, 1.165) is 22.6 Å². The summed E-state index contributed by atoms with van der Waals surface area (Å²) in [6.07, 6.45) is 7.49. The number of nitrogens with zero attached hydrogens (tertiary/aromatic N) is 4. The summed E-state index contributed by atoms with van der Waals surface area (Å²) in [6.45, 7) is 0.411. The number of thioether (sulfide) groups is 1. The van der Waals surface area contributed by atoms with Gasteiger partial charge in [0.25, 0.3) is 5.91 Å². The number of hydrogen-bond donors (Lipinski definition) is 0. The number of amidine groups is 1. The molecule has 0 spiro atoms. The van der Waals surface area contributed by atoms with Crippen molar-refractivity contribution in [3.05, 3.63) is 132 Å². The summed E-state index contributed by atoms with van der Waals surface area (Å²) in [7, 11) is 0. The van der Waals surface area contributed by atoms with Crippen LogP contribution in [0.3, 0.4) is 0 Å². The van der Waals surface area contributed by atoms with Gasteiger partial charge in [-0.2, -0.15) is 0 Å². The zero-order chi connectivity index (χ0) is 24.3. The molecule has 5 nitrogen and oxygen atoms in total. The van der Waals surface area contributed by atoms with Crippen molar-refractivity contribution in [2.75, 3.05) is 0 Å². The normalized spacial score (nSPS) is 15.9. The smallest absolute Gasteiger partial charge is 0.267 e. The highest BCUT2D eigenvalue weighted by atomic mass is 32.2. The molecule has 3 heterocycles. The summed E-state index contributed by atoms with van der Waals surface area (Å²) in [5.41, 5.74) is 3.74. The Morgan fingerprint density at radius 1 is 0.861 bits per heavy atom. The molecule has 6 heteroatoms. The standard InChI is InChI=1S/C30H22N4OS/c35-29-28(19-26-13-7-17-33(26)27-15-14-23-9-4-5-10-24(23)18-27)36-30(32-25-11-2-1-3-12-25)34(29)21-22-8-6-16-31-20-22/h1-20H,21H2/b28-19-,32-30?. The van der Waals surface area contributed by atoms with Crippen LogP contribution in [0.15, 0.2) is 126 Å². The van der Waals surface area contributed by atoms with Crippen molar-refractivity contribution in [1.29, 1.82) is 0 Å². The average Bonchev–Trinajstić information content (AvgIpc) is 3.50. The highest BCUT2D eigenvalue weighted by Gasteiger charge is 2.33. The number of amides is 1. The maximum Gasteiger partial charge on any atom is 0.267 e. The van der Waals surface area contributed by atoms with E-state index in [9.17, 15) is 4.79 Å². The van der Waals surface area contributed by atoms with Gasteiger partial charge in [0.1, 0.15) is 0 Å². The molecule has 1 amide bonds. The summed E-state index contributed by atoms with van der Waals surface area (Å²) < 4.78 is 2.10. The predicted octanol–water partition coefficient (Wildman–Crippen LogP) is 6.83. The van der Waals surface area contributed by atoms with E-state index in [1.807, 2.05) is 79.0 Å². The Morgan fingerprint density at radius 3 is 2.53 bits per heavy atom. The van der Waals surface area contributed by atoms with Crippen LogP contribution < -0.4 is 0 Å². The van der Waals surface area contributed by atoms with Gasteiger partial charge in [0.2, 0.25) is 0 Å². The van der Waals surface area contributed by atoms with Gasteiger partial charge in [-0.15, -0.1) is 0 Å². The number of rotatable bonds is 5. The molecule has 0 aliphatic carbocycles. The number of hydrogen-bond acceptors (Lipinski definition) is 4. The number of aromatic nitrogens is 2. The number of aliphatic imine (C=N–C) groups is 1. The minimum Gasteiger partial charge on any atom is -0.317 e. The van der Waals surface area contributed by atoms with Crippen LogP contribution in [0.2, 0.25) is 0 Å². The molecule has 1 fully saturated rings. The zero-order valence-corrected chi connectivity index (χ0v) is 20.2. The quantitative estimate of drug-likeness (QED) is 0.256.